The molecule has 1 fully saturated rings. The van der Waals surface area contributed by atoms with Gasteiger partial charge in [-0.2, -0.15) is 4.31 Å². The molecule has 1 atom stereocenters. The smallest absolute Gasteiger partial charge is 0.338 e. The number of rotatable bonds is 9. The van der Waals surface area contributed by atoms with Crippen molar-refractivity contribution in [3.63, 3.8) is 0 Å². The number of nitrogens with zero attached hydrogens (tertiary/aromatic N) is 1. The van der Waals surface area contributed by atoms with Crippen LogP contribution < -0.4 is 10.1 Å². The van der Waals surface area contributed by atoms with E-state index in [9.17, 15) is 18.0 Å². The minimum atomic E-state index is -3.62. The molecule has 0 aromatic heterocycles. The molecule has 1 saturated heterocycles. The van der Waals surface area contributed by atoms with Gasteiger partial charge in [0.2, 0.25) is 10.0 Å². The number of amides is 1. The molecule has 0 spiro atoms. The second kappa shape index (κ2) is 11.5. The van der Waals surface area contributed by atoms with Crippen LogP contribution in [0.1, 0.15) is 31.1 Å². The molecule has 0 saturated carbocycles. The van der Waals surface area contributed by atoms with Crippen LogP contribution in [0, 0.1) is 5.92 Å². The lowest BCUT2D eigenvalue weighted by atomic mass is 10.2. The highest BCUT2D eigenvalue weighted by Gasteiger charge is 2.26. The highest BCUT2D eigenvalue weighted by Crippen LogP contribution is 2.20. The first-order chi connectivity index (χ1) is 16.2. The first-order valence-electron chi connectivity index (χ1n) is 11.1. The predicted molar refractivity (Wildman–Crippen MR) is 126 cm³/mol. The second-order valence-electron chi connectivity index (χ2n) is 8.31. The molecule has 0 aliphatic carbocycles. The number of benzene rings is 2. The summed E-state index contributed by atoms with van der Waals surface area (Å²) in [5.74, 6) is -0.136. The lowest BCUT2D eigenvalue weighted by Gasteiger charge is -2.26. The number of nitrogens with one attached hydrogen (secondary N) is 1. The van der Waals surface area contributed by atoms with E-state index < -0.39 is 28.0 Å². The van der Waals surface area contributed by atoms with E-state index in [1.54, 1.807) is 24.3 Å². The van der Waals surface area contributed by atoms with Gasteiger partial charge in [0.05, 0.1) is 30.3 Å². The van der Waals surface area contributed by atoms with Gasteiger partial charge >= 0.3 is 5.97 Å². The van der Waals surface area contributed by atoms with E-state index in [0.29, 0.717) is 55.8 Å². The molecule has 1 heterocycles. The predicted octanol–water partition coefficient (Wildman–Crippen LogP) is 2.93. The van der Waals surface area contributed by atoms with Crippen molar-refractivity contribution in [3.05, 3.63) is 54.1 Å². The van der Waals surface area contributed by atoms with Crippen molar-refractivity contribution in [2.45, 2.75) is 31.8 Å². The Balaban J connectivity index is 1.54. The van der Waals surface area contributed by atoms with Crippen LogP contribution in [0.4, 0.5) is 5.69 Å². The SMILES string of the molecule is CC(C)COc1ccc(C(=O)O[C@@H](C)C(=O)Nc2ccc(S(=O)(=O)N3CCOCC3)cc2)cc1. The average Bonchev–Trinajstić information content (AvgIpc) is 2.83. The fourth-order valence-electron chi connectivity index (χ4n) is 3.12. The summed E-state index contributed by atoms with van der Waals surface area (Å²) in [4.78, 5) is 25.0. The fourth-order valence-corrected chi connectivity index (χ4v) is 4.53. The summed E-state index contributed by atoms with van der Waals surface area (Å²) < 4.78 is 42.8. The van der Waals surface area contributed by atoms with Crippen LogP contribution in [-0.4, -0.2) is 63.6 Å². The van der Waals surface area contributed by atoms with Crippen molar-refractivity contribution in [1.82, 2.24) is 4.31 Å². The van der Waals surface area contributed by atoms with Gasteiger partial charge < -0.3 is 19.5 Å². The maximum Gasteiger partial charge on any atom is 0.338 e. The topological polar surface area (TPSA) is 111 Å². The molecular weight excluding hydrogens is 460 g/mol. The van der Waals surface area contributed by atoms with E-state index in [2.05, 4.69) is 5.32 Å². The Labute approximate surface area is 200 Å². The van der Waals surface area contributed by atoms with Gasteiger partial charge in [-0.15, -0.1) is 0 Å². The van der Waals surface area contributed by atoms with Crippen LogP contribution in [-0.2, 0) is 24.3 Å². The zero-order valence-electron chi connectivity index (χ0n) is 19.5. The van der Waals surface area contributed by atoms with Crippen molar-refractivity contribution in [2.75, 3.05) is 38.2 Å². The summed E-state index contributed by atoms with van der Waals surface area (Å²) in [6, 6.07) is 12.4. The lowest BCUT2D eigenvalue weighted by Crippen LogP contribution is -2.40. The van der Waals surface area contributed by atoms with Crippen LogP contribution >= 0.6 is 0 Å². The molecule has 1 aliphatic rings. The monoisotopic (exact) mass is 490 g/mol. The van der Waals surface area contributed by atoms with Gasteiger partial charge in [0.1, 0.15) is 5.75 Å². The third kappa shape index (κ3) is 6.78. The van der Waals surface area contributed by atoms with Gasteiger partial charge in [0.25, 0.3) is 5.91 Å². The Morgan fingerprint density at radius 1 is 1.00 bits per heavy atom. The molecular formula is C24H30N2O7S. The summed E-state index contributed by atoms with van der Waals surface area (Å²) in [6.45, 7) is 7.44. The molecule has 2 aromatic rings. The van der Waals surface area contributed by atoms with Crippen molar-refractivity contribution in [3.8, 4) is 5.75 Å². The van der Waals surface area contributed by atoms with Crippen molar-refractivity contribution in [1.29, 1.82) is 0 Å². The summed E-state index contributed by atoms with van der Waals surface area (Å²) in [7, 11) is -3.62. The van der Waals surface area contributed by atoms with Crippen LogP contribution in [0.15, 0.2) is 53.4 Å². The van der Waals surface area contributed by atoms with Crippen LogP contribution in [0.2, 0.25) is 0 Å². The second-order valence-corrected chi connectivity index (χ2v) is 10.2. The fraction of sp³-hybridized carbons (Fsp3) is 0.417. The lowest BCUT2D eigenvalue weighted by molar-refractivity contribution is -0.123. The molecule has 3 rings (SSSR count). The Morgan fingerprint density at radius 2 is 1.62 bits per heavy atom. The van der Waals surface area contributed by atoms with Crippen molar-refractivity contribution >= 4 is 27.6 Å². The molecule has 34 heavy (non-hydrogen) atoms. The van der Waals surface area contributed by atoms with Crippen molar-refractivity contribution < 1.29 is 32.2 Å². The third-order valence-electron chi connectivity index (χ3n) is 5.06. The molecule has 0 unspecified atom stereocenters. The number of sulfonamides is 1. The summed E-state index contributed by atoms with van der Waals surface area (Å²) in [6.07, 6.45) is -1.05. The summed E-state index contributed by atoms with van der Waals surface area (Å²) in [5, 5.41) is 2.63. The van der Waals surface area contributed by atoms with E-state index in [0.717, 1.165) is 0 Å². The normalized spacial score (nSPS) is 15.5. The van der Waals surface area contributed by atoms with Gasteiger partial charge in [-0.3, -0.25) is 4.79 Å². The van der Waals surface area contributed by atoms with E-state index >= 15 is 0 Å². The number of morpholine rings is 1. The standard InChI is InChI=1S/C24H30N2O7S/c1-17(2)16-32-21-8-4-19(5-9-21)24(28)33-18(3)23(27)25-20-6-10-22(11-7-20)34(29,30)26-12-14-31-15-13-26/h4-11,17-18H,12-16H2,1-3H3,(H,25,27)/t18-/m0/s1. The maximum absolute atomic E-state index is 12.7. The molecule has 10 heteroatoms. The molecule has 0 bridgehead atoms. The number of carbonyl (C=O) groups is 2. The summed E-state index contributed by atoms with van der Waals surface area (Å²) in [5.41, 5.74) is 0.690. The molecule has 1 aliphatic heterocycles. The van der Waals surface area contributed by atoms with Crippen molar-refractivity contribution in [2.24, 2.45) is 5.92 Å². The van der Waals surface area contributed by atoms with E-state index in [4.69, 9.17) is 14.2 Å². The van der Waals surface area contributed by atoms with Crippen LogP contribution in [0.25, 0.3) is 0 Å². The molecule has 0 radical (unpaired) electrons. The Bertz CT molecular complexity index is 1080. The first kappa shape index (κ1) is 25.7. The minimum absolute atomic E-state index is 0.132. The highest BCUT2D eigenvalue weighted by molar-refractivity contribution is 7.89. The Hall–Kier alpha value is -2.95. The first-order valence-corrected chi connectivity index (χ1v) is 12.5. The summed E-state index contributed by atoms with van der Waals surface area (Å²) >= 11 is 0. The minimum Gasteiger partial charge on any atom is -0.493 e. The number of hydrogen-bond donors (Lipinski definition) is 1. The maximum atomic E-state index is 12.7. The molecule has 184 valence electrons. The van der Waals surface area contributed by atoms with Gasteiger partial charge in [-0.05, 0) is 61.4 Å². The van der Waals surface area contributed by atoms with E-state index in [-0.39, 0.29) is 4.90 Å². The molecule has 1 amide bonds. The molecule has 1 N–H and O–H groups in total. The zero-order chi connectivity index (χ0) is 24.7. The van der Waals surface area contributed by atoms with Gasteiger partial charge in [-0.25, -0.2) is 13.2 Å². The third-order valence-corrected chi connectivity index (χ3v) is 6.97. The largest absolute Gasteiger partial charge is 0.493 e. The highest BCUT2D eigenvalue weighted by atomic mass is 32.2. The zero-order valence-corrected chi connectivity index (χ0v) is 20.3. The van der Waals surface area contributed by atoms with Gasteiger partial charge in [0, 0.05) is 18.8 Å². The Kier molecular flexibility index (Phi) is 8.65. The average molecular weight is 491 g/mol. The van der Waals surface area contributed by atoms with Crippen LogP contribution in [0.5, 0.6) is 5.75 Å². The van der Waals surface area contributed by atoms with Gasteiger partial charge in [0.15, 0.2) is 6.10 Å². The van der Waals surface area contributed by atoms with Gasteiger partial charge in [-0.1, -0.05) is 13.8 Å². The number of esters is 1. The number of carbonyl (C=O) groups excluding carboxylic acids is 2. The number of ether oxygens (including phenoxy) is 3. The number of anilines is 1. The molecule has 9 nitrogen and oxygen atoms in total. The van der Waals surface area contributed by atoms with E-state index in [1.165, 1.54) is 35.5 Å². The molecule has 2 aromatic carbocycles. The quantitative estimate of drug-likeness (QED) is 0.538. The van der Waals surface area contributed by atoms with E-state index in [1.807, 2.05) is 13.8 Å². The Morgan fingerprint density at radius 3 is 2.21 bits per heavy atom. The number of hydrogen-bond acceptors (Lipinski definition) is 7. The van der Waals surface area contributed by atoms with Crippen LogP contribution in [0.3, 0.4) is 0 Å².